The van der Waals surface area contributed by atoms with Crippen LogP contribution in [-0.4, -0.2) is 30.2 Å². The predicted octanol–water partition coefficient (Wildman–Crippen LogP) is 1.75. The van der Waals surface area contributed by atoms with Crippen molar-refractivity contribution in [1.29, 1.82) is 0 Å². The summed E-state index contributed by atoms with van der Waals surface area (Å²) in [4.78, 5) is 22.1. The fourth-order valence-corrected chi connectivity index (χ4v) is 1.24. The standard InChI is InChI=1S/C12H15NO4/c1-2-6-17-8-11(14)13-10-5-3-4-9(7-10)12(15)16/h3-5,7H,2,6,8H2,1H3,(H,13,14)(H,15,16). The Hall–Kier alpha value is -1.88. The second-order valence-corrected chi connectivity index (χ2v) is 3.49. The number of hydrogen-bond donors (Lipinski definition) is 2. The van der Waals surface area contributed by atoms with Crippen LogP contribution in [0.5, 0.6) is 0 Å². The highest BCUT2D eigenvalue weighted by Crippen LogP contribution is 2.10. The van der Waals surface area contributed by atoms with Gasteiger partial charge in [0.05, 0.1) is 5.56 Å². The predicted molar refractivity (Wildman–Crippen MR) is 63.1 cm³/mol. The highest BCUT2D eigenvalue weighted by atomic mass is 16.5. The number of carbonyl (C=O) groups is 2. The second-order valence-electron chi connectivity index (χ2n) is 3.49. The van der Waals surface area contributed by atoms with E-state index in [1.165, 1.54) is 12.1 Å². The average Bonchev–Trinajstić information content (AvgIpc) is 2.29. The Bertz CT molecular complexity index is 403. The van der Waals surface area contributed by atoms with Gasteiger partial charge in [-0.2, -0.15) is 0 Å². The number of ether oxygens (including phenoxy) is 1. The quantitative estimate of drug-likeness (QED) is 0.739. The van der Waals surface area contributed by atoms with Crippen molar-refractivity contribution in [3.63, 3.8) is 0 Å². The summed E-state index contributed by atoms with van der Waals surface area (Å²) in [5, 5.41) is 11.3. The van der Waals surface area contributed by atoms with Gasteiger partial charge in [0.1, 0.15) is 6.61 Å². The van der Waals surface area contributed by atoms with Crippen LogP contribution < -0.4 is 5.32 Å². The van der Waals surface area contributed by atoms with Crippen molar-refractivity contribution in [3.8, 4) is 0 Å². The van der Waals surface area contributed by atoms with Gasteiger partial charge < -0.3 is 15.2 Å². The van der Waals surface area contributed by atoms with Crippen LogP contribution in [0.1, 0.15) is 23.7 Å². The first-order chi connectivity index (χ1) is 8.13. The molecule has 0 radical (unpaired) electrons. The molecule has 0 bridgehead atoms. The first-order valence-electron chi connectivity index (χ1n) is 5.34. The third-order valence-electron chi connectivity index (χ3n) is 1.97. The van der Waals surface area contributed by atoms with Crippen molar-refractivity contribution in [2.75, 3.05) is 18.5 Å². The molecular weight excluding hydrogens is 222 g/mol. The zero-order valence-corrected chi connectivity index (χ0v) is 9.60. The number of hydrogen-bond acceptors (Lipinski definition) is 3. The molecule has 17 heavy (non-hydrogen) atoms. The minimum atomic E-state index is -1.02. The van der Waals surface area contributed by atoms with Crippen LogP contribution in [0.25, 0.3) is 0 Å². The SMILES string of the molecule is CCCOCC(=O)Nc1cccc(C(=O)O)c1. The molecule has 5 nitrogen and oxygen atoms in total. The Labute approximate surface area is 99.4 Å². The van der Waals surface area contributed by atoms with E-state index in [0.717, 1.165) is 6.42 Å². The molecule has 0 saturated heterocycles. The van der Waals surface area contributed by atoms with Crippen molar-refractivity contribution in [3.05, 3.63) is 29.8 Å². The highest BCUT2D eigenvalue weighted by molar-refractivity contribution is 5.94. The normalized spacial score (nSPS) is 9.94. The van der Waals surface area contributed by atoms with E-state index >= 15 is 0 Å². The fourth-order valence-electron chi connectivity index (χ4n) is 1.24. The van der Waals surface area contributed by atoms with E-state index < -0.39 is 5.97 Å². The van der Waals surface area contributed by atoms with Crippen molar-refractivity contribution >= 4 is 17.6 Å². The van der Waals surface area contributed by atoms with Crippen molar-refractivity contribution in [1.82, 2.24) is 0 Å². The highest BCUT2D eigenvalue weighted by Gasteiger charge is 2.06. The van der Waals surface area contributed by atoms with Crippen molar-refractivity contribution < 1.29 is 19.4 Å². The lowest BCUT2D eigenvalue weighted by Crippen LogP contribution is -2.18. The number of amides is 1. The molecule has 0 aliphatic carbocycles. The van der Waals surface area contributed by atoms with Gasteiger partial charge in [0, 0.05) is 12.3 Å². The van der Waals surface area contributed by atoms with Crippen molar-refractivity contribution in [2.24, 2.45) is 0 Å². The lowest BCUT2D eigenvalue weighted by molar-refractivity contribution is -0.120. The van der Waals surface area contributed by atoms with Gasteiger partial charge in [-0.3, -0.25) is 4.79 Å². The van der Waals surface area contributed by atoms with Gasteiger partial charge in [0.25, 0.3) is 0 Å². The topological polar surface area (TPSA) is 75.6 Å². The summed E-state index contributed by atoms with van der Waals surface area (Å²) in [6.07, 6.45) is 0.849. The molecule has 0 fully saturated rings. The lowest BCUT2D eigenvalue weighted by atomic mass is 10.2. The van der Waals surface area contributed by atoms with Crippen LogP contribution in [0.3, 0.4) is 0 Å². The molecule has 2 N–H and O–H groups in total. The average molecular weight is 237 g/mol. The van der Waals surface area contributed by atoms with E-state index in [0.29, 0.717) is 12.3 Å². The van der Waals surface area contributed by atoms with Gasteiger partial charge in [0.2, 0.25) is 5.91 Å². The number of rotatable bonds is 6. The Morgan fingerprint density at radius 2 is 2.18 bits per heavy atom. The van der Waals surface area contributed by atoms with E-state index in [1.807, 2.05) is 6.92 Å². The second kappa shape index (κ2) is 6.65. The number of carbonyl (C=O) groups excluding carboxylic acids is 1. The third kappa shape index (κ3) is 4.65. The molecule has 1 aromatic rings. The minimum absolute atomic E-state index is 0.0227. The molecule has 0 aliphatic rings. The van der Waals surface area contributed by atoms with E-state index in [-0.39, 0.29) is 18.1 Å². The summed E-state index contributed by atoms with van der Waals surface area (Å²) in [6.45, 7) is 2.46. The summed E-state index contributed by atoms with van der Waals surface area (Å²) in [6, 6.07) is 6.07. The number of carboxylic acids is 1. The van der Waals surface area contributed by atoms with Gasteiger partial charge in [-0.1, -0.05) is 13.0 Å². The van der Waals surface area contributed by atoms with Gasteiger partial charge in [-0.15, -0.1) is 0 Å². The largest absolute Gasteiger partial charge is 0.478 e. The minimum Gasteiger partial charge on any atom is -0.478 e. The molecule has 92 valence electrons. The molecule has 0 heterocycles. The van der Waals surface area contributed by atoms with Crippen LogP contribution in [0, 0.1) is 0 Å². The van der Waals surface area contributed by atoms with Crippen LogP contribution in [0.15, 0.2) is 24.3 Å². The fraction of sp³-hybridized carbons (Fsp3) is 0.333. The summed E-state index contributed by atoms with van der Waals surface area (Å²) in [5.41, 5.74) is 0.590. The van der Waals surface area contributed by atoms with Gasteiger partial charge in [-0.25, -0.2) is 4.79 Å². The molecule has 1 aromatic carbocycles. The maximum Gasteiger partial charge on any atom is 0.335 e. The van der Waals surface area contributed by atoms with E-state index in [2.05, 4.69) is 5.32 Å². The zero-order valence-electron chi connectivity index (χ0n) is 9.60. The molecular formula is C12H15NO4. The molecule has 0 saturated carbocycles. The molecule has 1 rings (SSSR count). The number of aromatic carboxylic acids is 1. The zero-order chi connectivity index (χ0) is 12.7. The number of anilines is 1. The number of benzene rings is 1. The van der Waals surface area contributed by atoms with Crippen LogP contribution in [-0.2, 0) is 9.53 Å². The summed E-state index contributed by atoms with van der Waals surface area (Å²) >= 11 is 0. The smallest absolute Gasteiger partial charge is 0.335 e. The van der Waals surface area contributed by atoms with Crippen LogP contribution in [0.4, 0.5) is 5.69 Å². The summed E-state index contributed by atoms with van der Waals surface area (Å²) < 4.78 is 5.07. The number of nitrogens with one attached hydrogen (secondary N) is 1. The van der Waals surface area contributed by atoms with Gasteiger partial charge >= 0.3 is 5.97 Å². The Balaban J connectivity index is 2.53. The monoisotopic (exact) mass is 237 g/mol. The summed E-state index contributed by atoms with van der Waals surface area (Å²) in [7, 11) is 0. The third-order valence-corrected chi connectivity index (χ3v) is 1.97. The lowest BCUT2D eigenvalue weighted by Gasteiger charge is -2.06. The van der Waals surface area contributed by atoms with E-state index in [9.17, 15) is 9.59 Å². The Morgan fingerprint density at radius 3 is 2.82 bits per heavy atom. The first-order valence-corrected chi connectivity index (χ1v) is 5.34. The van der Waals surface area contributed by atoms with Gasteiger partial charge in [-0.05, 0) is 24.6 Å². The van der Waals surface area contributed by atoms with Crippen molar-refractivity contribution in [2.45, 2.75) is 13.3 Å². The van der Waals surface area contributed by atoms with Crippen LogP contribution in [0.2, 0.25) is 0 Å². The molecule has 1 amide bonds. The number of carboxylic acid groups (broad SMARTS) is 1. The maximum atomic E-state index is 11.4. The van der Waals surface area contributed by atoms with Gasteiger partial charge in [0.15, 0.2) is 0 Å². The van der Waals surface area contributed by atoms with E-state index in [1.54, 1.807) is 12.1 Å². The maximum absolute atomic E-state index is 11.4. The molecule has 0 spiro atoms. The Morgan fingerprint density at radius 1 is 1.41 bits per heavy atom. The Kier molecular flexibility index (Phi) is 5.16. The molecule has 0 aliphatic heterocycles. The molecule has 5 heteroatoms. The van der Waals surface area contributed by atoms with E-state index in [4.69, 9.17) is 9.84 Å². The first kappa shape index (κ1) is 13.2. The molecule has 0 aromatic heterocycles. The van der Waals surface area contributed by atoms with Crippen LogP contribution >= 0.6 is 0 Å². The molecule has 0 unspecified atom stereocenters. The molecule has 0 atom stereocenters. The summed E-state index contributed by atoms with van der Waals surface area (Å²) in [5.74, 6) is -1.32.